The lowest BCUT2D eigenvalue weighted by Crippen LogP contribution is -2.50. The predicted octanol–water partition coefficient (Wildman–Crippen LogP) is -0.260. The molecule has 0 spiro atoms. The Labute approximate surface area is 118 Å². The van der Waals surface area contributed by atoms with Gasteiger partial charge < -0.3 is 15.4 Å². The fourth-order valence-corrected chi connectivity index (χ4v) is 3.55. The van der Waals surface area contributed by atoms with Gasteiger partial charge in [-0.1, -0.05) is 0 Å². The average Bonchev–Trinajstić information content (AvgIpc) is 2.41. The van der Waals surface area contributed by atoms with Crippen LogP contribution in [0.4, 0.5) is 5.69 Å². The van der Waals surface area contributed by atoms with Gasteiger partial charge in [0.05, 0.1) is 13.7 Å². The fraction of sp³-hybridized carbons (Fsp3) is 0.417. The van der Waals surface area contributed by atoms with Crippen LogP contribution in [-0.2, 0) is 14.8 Å². The van der Waals surface area contributed by atoms with Gasteiger partial charge in [0.15, 0.2) is 0 Å². The Morgan fingerprint density at radius 2 is 2.00 bits per heavy atom. The van der Waals surface area contributed by atoms with Crippen molar-refractivity contribution >= 4 is 21.6 Å². The zero-order valence-corrected chi connectivity index (χ0v) is 12.2. The SMILES string of the molecule is COc1ccc(N)cc1S(=O)(=O)N1CCN(C)C(=O)C1. The smallest absolute Gasteiger partial charge is 0.247 e. The van der Waals surface area contributed by atoms with Crippen LogP contribution < -0.4 is 10.5 Å². The molecular weight excluding hydrogens is 282 g/mol. The molecule has 8 heteroatoms. The molecule has 1 amide bonds. The fourth-order valence-electron chi connectivity index (χ4n) is 1.98. The highest BCUT2D eigenvalue weighted by molar-refractivity contribution is 7.89. The first kappa shape index (κ1) is 14.6. The summed E-state index contributed by atoms with van der Waals surface area (Å²) >= 11 is 0. The number of benzene rings is 1. The van der Waals surface area contributed by atoms with E-state index in [1.165, 1.54) is 24.1 Å². The van der Waals surface area contributed by atoms with E-state index in [0.717, 1.165) is 4.31 Å². The van der Waals surface area contributed by atoms with Crippen molar-refractivity contribution < 1.29 is 17.9 Å². The van der Waals surface area contributed by atoms with Gasteiger partial charge in [-0.15, -0.1) is 0 Å². The van der Waals surface area contributed by atoms with Crippen LogP contribution in [0.5, 0.6) is 5.75 Å². The summed E-state index contributed by atoms with van der Waals surface area (Å²) in [6, 6.07) is 4.41. The highest BCUT2D eigenvalue weighted by Crippen LogP contribution is 2.29. The number of hydrogen-bond donors (Lipinski definition) is 1. The number of methoxy groups -OCH3 is 1. The van der Waals surface area contributed by atoms with Gasteiger partial charge >= 0.3 is 0 Å². The summed E-state index contributed by atoms with van der Waals surface area (Å²) in [5, 5.41) is 0. The van der Waals surface area contributed by atoms with Gasteiger partial charge in [-0.05, 0) is 18.2 Å². The molecule has 2 N–H and O–H groups in total. The number of ether oxygens (including phenoxy) is 1. The Morgan fingerprint density at radius 1 is 1.30 bits per heavy atom. The van der Waals surface area contributed by atoms with Crippen molar-refractivity contribution in [3.05, 3.63) is 18.2 Å². The van der Waals surface area contributed by atoms with Crippen molar-refractivity contribution in [3.63, 3.8) is 0 Å². The Morgan fingerprint density at radius 3 is 2.60 bits per heavy atom. The molecule has 0 saturated carbocycles. The molecule has 0 radical (unpaired) electrons. The van der Waals surface area contributed by atoms with Crippen LogP contribution in [0.2, 0.25) is 0 Å². The van der Waals surface area contributed by atoms with Crippen LogP contribution in [0.3, 0.4) is 0 Å². The highest BCUT2D eigenvalue weighted by Gasteiger charge is 2.33. The lowest BCUT2D eigenvalue weighted by molar-refractivity contribution is -0.132. The maximum Gasteiger partial charge on any atom is 0.247 e. The molecule has 20 heavy (non-hydrogen) atoms. The number of likely N-dealkylation sites (N-methyl/N-ethyl adjacent to an activating group) is 1. The number of anilines is 1. The summed E-state index contributed by atoms with van der Waals surface area (Å²) in [7, 11) is -0.768. The molecular formula is C12H17N3O4S. The molecule has 2 rings (SSSR count). The second-order valence-electron chi connectivity index (χ2n) is 4.56. The largest absolute Gasteiger partial charge is 0.495 e. The second kappa shape index (κ2) is 5.29. The van der Waals surface area contributed by atoms with Crippen LogP contribution >= 0.6 is 0 Å². The Kier molecular flexibility index (Phi) is 3.87. The van der Waals surface area contributed by atoms with Crippen molar-refractivity contribution in [2.24, 2.45) is 0 Å². The van der Waals surface area contributed by atoms with E-state index in [9.17, 15) is 13.2 Å². The molecule has 1 aliphatic rings. The predicted molar refractivity (Wildman–Crippen MR) is 73.8 cm³/mol. The average molecular weight is 299 g/mol. The molecule has 1 aliphatic heterocycles. The summed E-state index contributed by atoms with van der Waals surface area (Å²) in [6.07, 6.45) is 0. The van der Waals surface area contributed by atoms with E-state index in [2.05, 4.69) is 0 Å². The summed E-state index contributed by atoms with van der Waals surface area (Å²) in [4.78, 5) is 13.2. The monoisotopic (exact) mass is 299 g/mol. The minimum Gasteiger partial charge on any atom is -0.495 e. The molecule has 0 aromatic heterocycles. The van der Waals surface area contributed by atoms with E-state index in [-0.39, 0.29) is 29.6 Å². The van der Waals surface area contributed by atoms with E-state index in [0.29, 0.717) is 12.2 Å². The number of nitrogens with two attached hydrogens (primary N) is 1. The third kappa shape index (κ3) is 2.56. The van der Waals surface area contributed by atoms with Gasteiger partial charge in [0.1, 0.15) is 10.6 Å². The van der Waals surface area contributed by atoms with Crippen LogP contribution in [0.25, 0.3) is 0 Å². The van der Waals surface area contributed by atoms with Crippen molar-refractivity contribution in [3.8, 4) is 5.75 Å². The maximum absolute atomic E-state index is 12.6. The number of hydrogen-bond acceptors (Lipinski definition) is 5. The summed E-state index contributed by atoms with van der Waals surface area (Å²) in [5.41, 5.74) is 5.97. The maximum atomic E-state index is 12.6. The van der Waals surface area contributed by atoms with Crippen molar-refractivity contribution in [1.29, 1.82) is 0 Å². The number of carbonyl (C=O) groups excluding carboxylic acids is 1. The van der Waals surface area contributed by atoms with Crippen LogP contribution in [0, 0.1) is 0 Å². The Bertz CT molecular complexity index is 630. The number of amides is 1. The zero-order valence-electron chi connectivity index (χ0n) is 11.4. The molecule has 0 unspecified atom stereocenters. The quantitative estimate of drug-likeness (QED) is 0.776. The molecule has 1 heterocycles. The molecule has 0 bridgehead atoms. The third-order valence-corrected chi connectivity index (χ3v) is 5.09. The molecule has 1 fully saturated rings. The molecule has 0 aliphatic carbocycles. The van der Waals surface area contributed by atoms with Crippen molar-refractivity contribution in [1.82, 2.24) is 9.21 Å². The van der Waals surface area contributed by atoms with Crippen molar-refractivity contribution in [2.75, 3.05) is 39.5 Å². The van der Waals surface area contributed by atoms with Crippen LogP contribution in [0.1, 0.15) is 0 Å². The van der Waals surface area contributed by atoms with Gasteiger partial charge in [0, 0.05) is 25.8 Å². The molecule has 110 valence electrons. The first-order valence-electron chi connectivity index (χ1n) is 6.04. The summed E-state index contributed by atoms with van der Waals surface area (Å²) in [5.74, 6) is -0.0201. The summed E-state index contributed by atoms with van der Waals surface area (Å²) in [6.45, 7) is 0.446. The van der Waals surface area contributed by atoms with Gasteiger partial charge in [-0.3, -0.25) is 4.79 Å². The Hall–Kier alpha value is -1.80. The van der Waals surface area contributed by atoms with Crippen LogP contribution in [-0.4, -0.2) is 57.3 Å². The van der Waals surface area contributed by atoms with E-state index < -0.39 is 10.0 Å². The van der Waals surface area contributed by atoms with Crippen LogP contribution in [0.15, 0.2) is 23.1 Å². The molecule has 1 aromatic carbocycles. The first-order chi connectivity index (χ1) is 9.36. The number of carbonyl (C=O) groups is 1. The van der Waals surface area contributed by atoms with Gasteiger partial charge in [0.25, 0.3) is 0 Å². The third-order valence-electron chi connectivity index (χ3n) is 3.23. The van der Waals surface area contributed by atoms with E-state index >= 15 is 0 Å². The minimum atomic E-state index is -3.80. The number of nitrogen functional groups attached to an aromatic ring is 1. The summed E-state index contributed by atoms with van der Waals surface area (Å²) < 4.78 is 31.4. The lowest BCUT2D eigenvalue weighted by atomic mass is 10.3. The van der Waals surface area contributed by atoms with E-state index in [1.807, 2.05) is 0 Å². The van der Waals surface area contributed by atoms with Gasteiger partial charge in [0.2, 0.25) is 15.9 Å². The van der Waals surface area contributed by atoms with E-state index in [1.54, 1.807) is 13.1 Å². The zero-order chi connectivity index (χ0) is 14.9. The molecule has 1 saturated heterocycles. The lowest BCUT2D eigenvalue weighted by Gasteiger charge is -2.31. The van der Waals surface area contributed by atoms with Gasteiger partial charge in [-0.2, -0.15) is 4.31 Å². The topological polar surface area (TPSA) is 92.9 Å². The highest BCUT2D eigenvalue weighted by atomic mass is 32.2. The molecule has 0 atom stereocenters. The van der Waals surface area contributed by atoms with Crippen molar-refractivity contribution in [2.45, 2.75) is 4.90 Å². The standard InChI is InChI=1S/C12H17N3O4S/c1-14-5-6-15(8-12(14)16)20(17,18)11-7-9(13)3-4-10(11)19-2/h3-4,7H,5-6,8,13H2,1-2H3. The van der Waals surface area contributed by atoms with Gasteiger partial charge in [-0.25, -0.2) is 8.42 Å². The minimum absolute atomic E-state index is 0.0163. The molecule has 7 nitrogen and oxygen atoms in total. The number of sulfonamides is 1. The normalized spacial score (nSPS) is 17.3. The number of piperazine rings is 1. The second-order valence-corrected chi connectivity index (χ2v) is 6.47. The number of nitrogens with zero attached hydrogens (tertiary/aromatic N) is 2. The molecule has 1 aromatic rings. The first-order valence-corrected chi connectivity index (χ1v) is 7.48. The van der Waals surface area contributed by atoms with E-state index in [4.69, 9.17) is 10.5 Å². The number of rotatable bonds is 3. The Balaban J connectivity index is 2.40.